The van der Waals surface area contributed by atoms with E-state index in [4.69, 9.17) is 0 Å². The molecule has 1 aromatic heterocycles. The third kappa shape index (κ3) is 4.44. The van der Waals surface area contributed by atoms with Crippen LogP contribution in [0.3, 0.4) is 0 Å². The molecule has 24 heavy (non-hydrogen) atoms. The maximum Gasteiger partial charge on any atom is 0.245 e. The van der Waals surface area contributed by atoms with Crippen LogP contribution in [0.1, 0.15) is 56.6 Å². The highest BCUT2D eigenvalue weighted by Gasteiger charge is 2.34. The first-order chi connectivity index (χ1) is 11.2. The Labute approximate surface area is 147 Å². The Bertz CT molecular complexity index is 604. The molecule has 1 fully saturated rings. The molecule has 1 aromatic rings. The highest BCUT2D eigenvalue weighted by Crippen LogP contribution is 2.24. The van der Waals surface area contributed by atoms with E-state index in [2.05, 4.69) is 5.32 Å². The molecular weight excluding hydrogens is 324 g/mol. The van der Waals surface area contributed by atoms with Gasteiger partial charge in [0.1, 0.15) is 6.04 Å². The summed E-state index contributed by atoms with van der Waals surface area (Å²) in [4.78, 5) is 39.6. The number of amides is 2. The number of carbonyl (C=O) groups is 3. The molecule has 5 nitrogen and oxygen atoms in total. The Morgan fingerprint density at radius 1 is 1.38 bits per heavy atom. The fourth-order valence-electron chi connectivity index (χ4n) is 2.81. The number of likely N-dealkylation sites (tertiary alicyclic amines) is 1. The molecule has 1 aliphatic heterocycles. The van der Waals surface area contributed by atoms with Crippen molar-refractivity contribution in [1.29, 1.82) is 0 Å². The van der Waals surface area contributed by atoms with E-state index >= 15 is 0 Å². The fourth-order valence-corrected chi connectivity index (χ4v) is 3.49. The number of hydrogen-bond donors (Lipinski definition) is 1. The second-order valence-electron chi connectivity index (χ2n) is 7.38. The molecule has 6 heteroatoms. The lowest BCUT2D eigenvalue weighted by Crippen LogP contribution is -2.51. The van der Waals surface area contributed by atoms with Crippen molar-refractivity contribution >= 4 is 28.9 Å². The van der Waals surface area contributed by atoms with Crippen LogP contribution in [0.25, 0.3) is 0 Å². The summed E-state index contributed by atoms with van der Waals surface area (Å²) in [6.45, 7) is 7.81. The van der Waals surface area contributed by atoms with E-state index in [1.54, 1.807) is 11.8 Å². The van der Waals surface area contributed by atoms with Gasteiger partial charge in [-0.15, -0.1) is 11.3 Å². The van der Waals surface area contributed by atoms with Gasteiger partial charge in [0, 0.05) is 24.4 Å². The minimum Gasteiger partial charge on any atom is -0.344 e. The second-order valence-corrected chi connectivity index (χ2v) is 8.33. The zero-order valence-corrected chi connectivity index (χ0v) is 15.6. The van der Waals surface area contributed by atoms with Crippen LogP contribution in [0.4, 0.5) is 0 Å². The van der Waals surface area contributed by atoms with Gasteiger partial charge in [0.25, 0.3) is 0 Å². The summed E-state index contributed by atoms with van der Waals surface area (Å²) in [5.41, 5.74) is -0.534. The van der Waals surface area contributed by atoms with E-state index in [-0.39, 0.29) is 23.6 Å². The molecule has 1 saturated heterocycles. The number of Topliss-reactive ketones (excluding diaryl/α,β-unsaturated/α-hetero) is 1. The average Bonchev–Trinajstić information content (AvgIpc) is 3.16. The molecule has 2 heterocycles. The number of hydrogen-bond acceptors (Lipinski definition) is 4. The van der Waals surface area contributed by atoms with Gasteiger partial charge in [0.05, 0.1) is 4.88 Å². The zero-order valence-electron chi connectivity index (χ0n) is 14.8. The minimum absolute atomic E-state index is 0.0684. The van der Waals surface area contributed by atoms with Crippen molar-refractivity contribution in [3.63, 3.8) is 0 Å². The van der Waals surface area contributed by atoms with Crippen LogP contribution in [-0.4, -0.2) is 41.1 Å². The molecule has 0 aromatic carbocycles. The monoisotopic (exact) mass is 350 g/mol. The molecule has 1 N–H and O–H groups in total. The molecule has 1 aliphatic rings. The van der Waals surface area contributed by atoms with Gasteiger partial charge in [0.15, 0.2) is 5.78 Å². The standard InChI is InChI=1S/C18H26N2O3S/c1-12(19-17(23)18(2,3)4)16(22)20-9-5-7-13(20)11-14(21)15-8-6-10-24-15/h6,8,10,12-13H,5,7,9,11H2,1-4H3,(H,19,23). The van der Waals surface area contributed by atoms with E-state index in [0.29, 0.717) is 13.0 Å². The maximum atomic E-state index is 12.7. The average molecular weight is 350 g/mol. The van der Waals surface area contributed by atoms with Crippen LogP contribution in [0.5, 0.6) is 0 Å². The summed E-state index contributed by atoms with van der Waals surface area (Å²) >= 11 is 1.43. The quantitative estimate of drug-likeness (QED) is 0.831. The Balaban J connectivity index is 1.97. The van der Waals surface area contributed by atoms with Gasteiger partial charge in [-0.1, -0.05) is 26.8 Å². The molecule has 2 rings (SSSR count). The summed E-state index contributed by atoms with van der Waals surface area (Å²) in [5, 5.41) is 4.67. The summed E-state index contributed by atoms with van der Waals surface area (Å²) in [7, 11) is 0. The topological polar surface area (TPSA) is 66.5 Å². The molecule has 0 spiro atoms. The summed E-state index contributed by atoms with van der Waals surface area (Å²) in [6, 6.07) is 3.04. The van der Waals surface area contributed by atoms with Crippen molar-refractivity contribution in [2.45, 2.75) is 59.0 Å². The Hall–Kier alpha value is -1.69. The van der Waals surface area contributed by atoms with Gasteiger partial charge in [-0.05, 0) is 31.2 Å². The smallest absolute Gasteiger partial charge is 0.245 e. The zero-order chi connectivity index (χ0) is 17.9. The largest absolute Gasteiger partial charge is 0.344 e. The van der Waals surface area contributed by atoms with Crippen LogP contribution >= 0.6 is 11.3 Å². The molecule has 0 saturated carbocycles. The number of ketones is 1. The van der Waals surface area contributed by atoms with Crippen molar-refractivity contribution < 1.29 is 14.4 Å². The van der Waals surface area contributed by atoms with Crippen LogP contribution in [-0.2, 0) is 9.59 Å². The van der Waals surface area contributed by atoms with Gasteiger partial charge in [-0.25, -0.2) is 0 Å². The SMILES string of the molecule is CC(NC(=O)C(C)(C)C)C(=O)N1CCCC1CC(=O)c1cccs1. The lowest BCUT2D eigenvalue weighted by molar-refractivity contribution is -0.138. The van der Waals surface area contributed by atoms with E-state index in [0.717, 1.165) is 17.7 Å². The normalized spacial score (nSPS) is 19.2. The second kappa shape index (κ2) is 7.47. The summed E-state index contributed by atoms with van der Waals surface area (Å²) < 4.78 is 0. The third-order valence-electron chi connectivity index (χ3n) is 4.28. The fraction of sp³-hybridized carbons (Fsp3) is 0.611. The van der Waals surface area contributed by atoms with E-state index in [1.807, 2.05) is 38.3 Å². The molecular formula is C18H26N2O3S. The van der Waals surface area contributed by atoms with Gasteiger partial charge in [-0.3, -0.25) is 14.4 Å². The summed E-state index contributed by atoms with van der Waals surface area (Å²) in [6.07, 6.45) is 2.09. The first-order valence-electron chi connectivity index (χ1n) is 8.38. The van der Waals surface area contributed by atoms with Crippen LogP contribution < -0.4 is 5.32 Å². The Morgan fingerprint density at radius 3 is 2.67 bits per heavy atom. The van der Waals surface area contributed by atoms with Gasteiger partial charge < -0.3 is 10.2 Å². The van der Waals surface area contributed by atoms with Crippen molar-refractivity contribution in [2.24, 2.45) is 5.41 Å². The van der Waals surface area contributed by atoms with E-state index < -0.39 is 11.5 Å². The maximum absolute atomic E-state index is 12.7. The van der Waals surface area contributed by atoms with Gasteiger partial charge in [0.2, 0.25) is 11.8 Å². The highest BCUT2D eigenvalue weighted by molar-refractivity contribution is 7.12. The van der Waals surface area contributed by atoms with Crippen LogP contribution in [0.2, 0.25) is 0 Å². The number of thiophene rings is 1. The lowest BCUT2D eigenvalue weighted by atomic mass is 9.95. The molecule has 132 valence electrons. The predicted octanol–water partition coefficient (Wildman–Crippen LogP) is 2.86. The van der Waals surface area contributed by atoms with Gasteiger partial charge >= 0.3 is 0 Å². The molecule has 0 bridgehead atoms. The van der Waals surface area contributed by atoms with E-state index in [1.165, 1.54) is 11.3 Å². The first kappa shape index (κ1) is 18.6. The Morgan fingerprint density at radius 2 is 2.08 bits per heavy atom. The molecule has 2 unspecified atom stereocenters. The predicted molar refractivity (Wildman–Crippen MR) is 95.1 cm³/mol. The number of nitrogens with one attached hydrogen (secondary N) is 1. The molecule has 0 aliphatic carbocycles. The first-order valence-corrected chi connectivity index (χ1v) is 9.26. The molecule has 2 atom stereocenters. The number of carbonyl (C=O) groups excluding carboxylic acids is 3. The van der Waals surface area contributed by atoms with Crippen molar-refractivity contribution in [1.82, 2.24) is 10.2 Å². The van der Waals surface area contributed by atoms with Crippen LogP contribution in [0, 0.1) is 5.41 Å². The Kier molecular flexibility index (Phi) is 5.80. The number of rotatable bonds is 5. The molecule has 0 radical (unpaired) electrons. The minimum atomic E-state index is -0.575. The highest BCUT2D eigenvalue weighted by atomic mass is 32.1. The number of nitrogens with zero attached hydrogens (tertiary/aromatic N) is 1. The van der Waals surface area contributed by atoms with Crippen molar-refractivity contribution in [2.75, 3.05) is 6.54 Å². The van der Waals surface area contributed by atoms with E-state index in [9.17, 15) is 14.4 Å². The van der Waals surface area contributed by atoms with Crippen LogP contribution in [0.15, 0.2) is 17.5 Å². The van der Waals surface area contributed by atoms with Crippen molar-refractivity contribution in [3.05, 3.63) is 22.4 Å². The summed E-state index contributed by atoms with van der Waals surface area (Å²) in [5.74, 6) is -0.163. The lowest BCUT2D eigenvalue weighted by Gasteiger charge is -2.29. The van der Waals surface area contributed by atoms with Crippen molar-refractivity contribution in [3.8, 4) is 0 Å². The third-order valence-corrected chi connectivity index (χ3v) is 5.19. The van der Waals surface area contributed by atoms with Gasteiger partial charge in [-0.2, -0.15) is 0 Å². The molecule has 2 amide bonds.